The average Bonchev–Trinajstić information content (AvgIpc) is 0.759. The van der Waals surface area contributed by atoms with Crippen LogP contribution in [0.3, 0.4) is 0 Å². The lowest BCUT2D eigenvalue weighted by Gasteiger charge is -2.47. The van der Waals surface area contributed by atoms with Crippen LogP contribution in [0.25, 0.3) is 0 Å². The SMILES string of the molecule is COc1ccc(C(OC[C@H]2O[C@H](OP(=O)([O-])O[C@H]3[C@H](OC(=O)c4ccccc4)[C@H](OC(=O)c4ccccc4)[C@@H](O)O[C@@H]3COC(=O)c3ccccc3)[C@@H](OC(=O)c3ccccc3)[C@@H](OC(=O)c3ccccc3)[C@@H]2OC(=O)c2ccccc2)(c2ccccc2)c2ccc(OC)cc2)cc1. The molecule has 9 aromatic rings. The summed E-state index contributed by atoms with van der Waals surface area (Å²) in [6.07, 6.45) is -21.6. The Balaban J connectivity index is 1.06. The molecule has 1 N–H and O–H groups in total. The maximum absolute atomic E-state index is 15.6. The lowest BCUT2D eigenvalue weighted by molar-refractivity contribution is -0.320. The van der Waals surface area contributed by atoms with Gasteiger partial charge in [0.15, 0.2) is 36.8 Å². The molecule has 2 aliphatic rings. The third-order valence-electron chi connectivity index (χ3n) is 16.0. The standard InChI is InChI=1S/C75H65O22P/c1-85-57-42-38-55(39-43-57)75(54-36-22-9-23-37-54,56-40-44-58(86-2)45-41-56)88-47-60-61(91-68(77)49-26-12-4-13-27-49)63(92-69(78)50-28-14-5-15-29-50)66(95-72(81)53-34-20-8-21-35-53)74(90-60)97-98(83,84)96-62-59(46-87-67(76)48-24-10-3-11-25-48)89-73(82)65(94-71(80)52-32-18-7-19-33-52)64(62)93-70(79)51-30-16-6-17-31-51/h3-45,59-66,73-74,82H,46-47H2,1-2H3,(H,83,84)/p-1/t59-,60-,61-,62-,63+,64+,65+,66+,73+,74-/m1/s1. The molecular weight excluding hydrogens is 1280 g/mol. The number of rotatable bonds is 25. The summed E-state index contributed by atoms with van der Waals surface area (Å²) < 4.78 is 95.4. The zero-order valence-corrected chi connectivity index (χ0v) is 53.4. The largest absolute Gasteiger partial charge is 0.756 e. The Bertz CT molecular complexity index is 4130. The Hall–Kier alpha value is -10.7. The summed E-state index contributed by atoms with van der Waals surface area (Å²) in [6.45, 7) is -1.68. The number of benzene rings is 9. The number of hydrogen-bond acceptors (Lipinski definition) is 22. The Labute approximate surface area is 562 Å². The molecule has 0 spiro atoms. The number of carbonyl (C=O) groups excluding carboxylic acids is 6. The minimum Gasteiger partial charge on any atom is -0.756 e. The van der Waals surface area contributed by atoms with Gasteiger partial charge in [-0.05, 0) is 114 Å². The van der Waals surface area contributed by atoms with Crippen molar-refractivity contribution in [2.45, 2.75) is 67.0 Å². The molecule has 22 nitrogen and oxygen atoms in total. The highest BCUT2D eigenvalue weighted by atomic mass is 31.2. The smallest absolute Gasteiger partial charge is 0.338 e. The number of carbonyl (C=O) groups is 6. The topological polar surface area (TPSA) is 283 Å². The fraction of sp³-hybridized carbons (Fsp3) is 0.200. The quantitative estimate of drug-likeness (QED) is 0.0241. The summed E-state index contributed by atoms with van der Waals surface area (Å²) >= 11 is 0. The van der Waals surface area contributed by atoms with Gasteiger partial charge in [0.25, 0.3) is 7.82 Å². The molecule has 0 aromatic heterocycles. The van der Waals surface area contributed by atoms with Crippen LogP contribution in [0.2, 0.25) is 0 Å². The van der Waals surface area contributed by atoms with Crippen LogP contribution in [0.5, 0.6) is 11.5 Å². The van der Waals surface area contributed by atoms with Gasteiger partial charge in [0, 0.05) is 0 Å². The van der Waals surface area contributed by atoms with E-state index in [0.717, 1.165) is 0 Å². The van der Waals surface area contributed by atoms with Gasteiger partial charge in [-0.2, -0.15) is 0 Å². The second-order valence-electron chi connectivity index (χ2n) is 22.2. The van der Waals surface area contributed by atoms with Crippen molar-refractivity contribution in [2.24, 2.45) is 0 Å². The summed E-state index contributed by atoms with van der Waals surface area (Å²) in [5.41, 5.74) is -0.487. The van der Waals surface area contributed by atoms with Crippen LogP contribution in [0.15, 0.2) is 261 Å². The third-order valence-corrected chi connectivity index (χ3v) is 16.9. The van der Waals surface area contributed by atoms with Gasteiger partial charge in [-0.15, -0.1) is 0 Å². The highest BCUT2D eigenvalue weighted by Crippen LogP contribution is 2.49. The maximum Gasteiger partial charge on any atom is 0.338 e. The van der Waals surface area contributed by atoms with Crippen LogP contribution in [-0.4, -0.2) is 130 Å². The molecule has 11 atom stereocenters. The maximum atomic E-state index is 15.6. The number of aliphatic hydroxyl groups is 1. The van der Waals surface area contributed by atoms with Crippen molar-refractivity contribution in [2.75, 3.05) is 27.4 Å². The number of esters is 6. The van der Waals surface area contributed by atoms with Gasteiger partial charge in [0.2, 0.25) is 6.29 Å². The summed E-state index contributed by atoms with van der Waals surface area (Å²) in [6, 6.07) is 67.7. The molecule has 1 unspecified atom stereocenters. The van der Waals surface area contributed by atoms with Crippen LogP contribution >= 0.6 is 7.82 Å². The van der Waals surface area contributed by atoms with Gasteiger partial charge >= 0.3 is 35.8 Å². The first-order chi connectivity index (χ1) is 47.6. The van der Waals surface area contributed by atoms with Gasteiger partial charge in [-0.1, -0.05) is 164 Å². The zero-order chi connectivity index (χ0) is 68.6. The minimum atomic E-state index is -6.38. The fourth-order valence-electron chi connectivity index (χ4n) is 11.1. The lowest BCUT2D eigenvalue weighted by Crippen LogP contribution is -2.64. The Kier molecular flexibility index (Phi) is 22.4. The van der Waals surface area contributed by atoms with Gasteiger partial charge in [0.05, 0.1) is 54.2 Å². The molecule has 98 heavy (non-hydrogen) atoms. The zero-order valence-electron chi connectivity index (χ0n) is 52.5. The molecule has 2 fully saturated rings. The molecule has 0 aliphatic carbocycles. The monoisotopic (exact) mass is 1350 g/mol. The van der Waals surface area contributed by atoms with E-state index < -0.39 is 124 Å². The highest BCUT2D eigenvalue weighted by Gasteiger charge is 2.57. The van der Waals surface area contributed by atoms with Gasteiger partial charge in [-0.25, -0.2) is 28.8 Å². The summed E-state index contributed by atoms with van der Waals surface area (Å²) in [7, 11) is -3.38. The van der Waals surface area contributed by atoms with Gasteiger partial charge < -0.3 is 66.6 Å². The molecule has 2 saturated heterocycles. The van der Waals surface area contributed by atoms with Crippen LogP contribution < -0.4 is 14.4 Å². The van der Waals surface area contributed by atoms with Gasteiger partial charge in [0.1, 0.15) is 42.0 Å². The van der Waals surface area contributed by atoms with Crippen molar-refractivity contribution in [3.8, 4) is 11.5 Å². The normalized spacial score (nSPS) is 21.1. The van der Waals surface area contributed by atoms with Crippen molar-refractivity contribution in [1.82, 2.24) is 0 Å². The lowest BCUT2D eigenvalue weighted by atomic mass is 9.80. The van der Waals surface area contributed by atoms with Crippen molar-refractivity contribution in [3.63, 3.8) is 0 Å². The number of methoxy groups -OCH3 is 2. The van der Waals surface area contributed by atoms with E-state index in [4.69, 9.17) is 61.2 Å². The summed E-state index contributed by atoms with van der Waals surface area (Å²) in [5, 5.41) is 11.9. The molecule has 23 heteroatoms. The number of ether oxygens (including phenoxy) is 11. The van der Waals surface area contributed by atoms with Crippen LogP contribution in [0.1, 0.15) is 78.8 Å². The van der Waals surface area contributed by atoms with E-state index >= 15 is 9.46 Å². The third kappa shape index (κ3) is 16.4. The molecule has 2 aliphatic heterocycles. The van der Waals surface area contributed by atoms with Crippen molar-refractivity contribution in [1.29, 1.82) is 0 Å². The molecule has 11 rings (SSSR count). The van der Waals surface area contributed by atoms with E-state index in [0.29, 0.717) is 28.2 Å². The summed E-state index contributed by atoms with van der Waals surface area (Å²) in [4.78, 5) is 102. The first-order valence-corrected chi connectivity index (χ1v) is 32.2. The number of phosphoric ester groups is 1. The molecule has 2 heterocycles. The fourth-order valence-corrected chi connectivity index (χ4v) is 12.2. The van der Waals surface area contributed by atoms with Crippen LogP contribution in [0.4, 0.5) is 0 Å². The molecule has 0 bridgehead atoms. The van der Waals surface area contributed by atoms with Crippen molar-refractivity contribution in [3.05, 3.63) is 311 Å². The molecule has 0 radical (unpaired) electrons. The second-order valence-corrected chi connectivity index (χ2v) is 23.5. The second kappa shape index (κ2) is 31.9. The number of aliphatic hydroxyl groups excluding tert-OH is 1. The Morgan fingerprint density at radius 1 is 0.378 bits per heavy atom. The first-order valence-electron chi connectivity index (χ1n) is 30.8. The van der Waals surface area contributed by atoms with Gasteiger partial charge in [-0.3, -0.25) is 9.09 Å². The van der Waals surface area contributed by atoms with Crippen molar-refractivity contribution < 1.29 is 104 Å². The Morgan fingerprint density at radius 3 is 1.08 bits per heavy atom. The molecular formula is C75H64O22P-. The molecule has 0 saturated carbocycles. The van der Waals surface area contributed by atoms with Crippen LogP contribution in [-0.2, 0) is 61.8 Å². The predicted octanol–water partition coefficient (Wildman–Crippen LogP) is 10.3. The molecule has 502 valence electrons. The van der Waals surface area contributed by atoms with Crippen LogP contribution in [0, 0.1) is 0 Å². The Morgan fingerprint density at radius 2 is 0.694 bits per heavy atom. The molecule has 9 aromatic carbocycles. The number of phosphoric acid groups is 1. The summed E-state index contributed by atoms with van der Waals surface area (Å²) in [5.74, 6) is -5.52. The highest BCUT2D eigenvalue weighted by molar-refractivity contribution is 7.45. The predicted molar refractivity (Wildman–Crippen MR) is 346 cm³/mol. The van der Waals surface area contributed by atoms with E-state index in [2.05, 4.69) is 0 Å². The molecule has 0 amide bonds. The average molecular weight is 1350 g/mol. The van der Waals surface area contributed by atoms with E-state index in [1.54, 1.807) is 140 Å². The van der Waals surface area contributed by atoms with E-state index in [1.165, 1.54) is 136 Å². The minimum absolute atomic E-state index is 0.0110. The van der Waals surface area contributed by atoms with E-state index in [-0.39, 0.29) is 33.4 Å². The first kappa shape index (κ1) is 68.7. The van der Waals surface area contributed by atoms with E-state index in [9.17, 15) is 33.9 Å². The number of hydrogen-bond donors (Lipinski definition) is 1. The van der Waals surface area contributed by atoms with Crippen molar-refractivity contribution >= 4 is 43.6 Å². The van der Waals surface area contributed by atoms with E-state index in [1.807, 2.05) is 0 Å².